The van der Waals surface area contributed by atoms with Crippen molar-refractivity contribution in [2.75, 3.05) is 0 Å². The highest BCUT2D eigenvalue weighted by Gasteiger charge is 1.98. The molecular formula is C44H50. The van der Waals surface area contributed by atoms with Gasteiger partial charge in [-0.15, -0.1) is 0 Å². The van der Waals surface area contributed by atoms with Crippen molar-refractivity contribution in [2.45, 2.75) is 34.1 Å². The van der Waals surface area contributed by atoms with Gasteiger partial charge in [0.2, 0.25) is 0 Å². The zero-order valence-corrected chi connectivity index (χ0v) is 27.1. The standard InChI is InChI=1S/C31H30.C11H14.C2H6/c1-5-17-26(2)31(25-16-19-28(4)30-23-14-9-15-24-30)20-11-7-6-10-18-27(3)29-21-12-8-13-22-29;1-2-3-5-8-11-9-6-4-7-10-11;1-2/h5-25H,2-4H2,1H3;2-9,11H,10H2,1H3;1-2H3/b7-6-,17-5-,18-10-,19-16-,20-11+,31-25-;3-2-,8-5?;. The number of rotatable bonds is 12. The lowest BCUT2D eigenvalue weighted by atomic mass is 10.0. The van der Waals surface area contributed by atoms with E-state index in [9.17, 15) is 0 Å². The van der Waals surface area contributed by atoms with Crippen molar-refractivity contribution in [2.24, 2.45) is 5.92 Å². The Morgan fingerprint density at radius 3 is 1.70 bits per heavy atom. The van der Waals surface area contributed by atoms with Crippen LogP contribution in [0.4, 0.5) is 0 Å². The van der Waals surface area contributed by atoms with Crippen LogP contribution in [0.5, 0.6) is 0 Å². The number of benzene rings is 2. The molecule has 0 N–H and O–H groups in total. The van der Waals surface area contributed by atoms with E-state index < -0.39 is 0 Å². The van der Waals surface area contributed by atoms with Gasteiger partial charge in [0.1, 0.15) is 0 Å². The fraction of sp³-hybridized carbons (Fsp3) is 0.136. The van der Waals surface area contributed by atoms with Crippen LogP contribution in [0.25, 0.3) is 11.1 Å². The van der Waals surface area contributed by atoms with E-state index in [1.165, 1.54) is 0 Å². The van der Waals surface area contributed by atoms with E-state index in [2.05, 4.69) is 86.5 Å². The minimum absolute atomic E-state index is 0.608. The van der Waals surface area contributed by atoms with Crippen LogP contribution in [0.1, 0.15) is 45.2 Å². The molecule has 0 nitrogen and oxygen atoms in total. The SMILES string of the molecule is C/C=C\C=CC1C=CC=CC1.C=C(/C=C\C)C(=C\C=C/C(=C)c1ccccc1)/C=C/C=C\C=C/C(=C)c1ccccc1.CC. The Bertz CT molecular complexity index is 1420. The number of allylic oxidation sites excluding steroid dienone is 23. The first-order chi connectivity index (χ1) is 21.5. The maximum Gasteiger partial charge on any atom is -0.00126 e. The third-order valence-corrected chi connectivity index (χ3v) is 6.18. The van der Waals surface area contributed by atoms with Gasteiger partial charge < -0.3 is 0 Å². The van der Waals surface area contributed by atoms with E-state index in [0.717, 1.165) is 39.8 Å². The summed E-state index contributed by atoms with van der Waals surface area (Å²) in [4.78, 5) is 0. The average molecular weight is 579 g/mol. The second-order valence-corrected chi connectivity index (χ2v) is 9.52. The lowest BCUT2D eigenvalue weighted by Gasteiger charge is -2.05. The minimum Gasteiger partial charge on any atom is -0.0912 e. The molecule has 0 bridgehead atoms. The Morgan fingerprint density at radius 2 is 1.18 bits per heavy atom. The minimum atomic E-state index is 0.608. The molecule has 2 aromatic rings. The van der Waals surface area contributed by atoms with Crippen molar-refractivity contribution in [3.8, 4) is 0 Å². The van der Waals surface area contributed by atoms with Gasteiger partial charge in [0.05, 0.1) is 0 Å². The summed E-state index contributed by atoms with van der Waals surface area (Å²) < 4.78 is 0. The highest BCUT2D eigenvalue weighted by Crippen LogP contribution is 2.16. The van der Waals surface area contributed by atoms with E-state index in [0.29, 0.717) is 5.92 Å². The Labute approximate surface area is 268 Å². The molecule has 0 aliphatic heterocycles. The van der Waals surface area contributed by atoms with Gasteiger partial charge >= 0.3 is 0 Å². The van der Waals surface area contributed by atoms with Crippen molar-refractivity contribution in [3.63, 3.8) is 0 Å². The summed E-state index contributed by atoms with van der Waals surface area (Å²) in [6.45, 7) is 20.4. The second-order valence-electron chi connectivity index (χ2n) is 9.52. The predicted octanol–water partition coefficient (Wildman–Crippen LogP) is 13.0. The third kappa shape index (κ3) is 16.5. The van der Waals surface area contributed by atoms with Crippen molar-refractivity contribution in [3.05, 3.63) is 218 Å². The molecular weight excluding hydrogens is 528 g/mol. The largest absolute Gasteiger partial charge is 0.0912 e. The summed E-state index contributed by atoms with van der Waals surface area (Å²) >= 11 is 0. The molecule has 44 heavy (non-hydrogen) atoms. The van der Waals surface area contributed by atoms with Crippen molar-refractivity contribution >= 4 is 11.1 Å². The zero-order valence-electron chi connectivity index (χ0n) is 27.1. The smallest absolute Gasteiger partial charge is 0.00126 e. The van der Waals surface area contributed by atoms with Gasteiger partial charge in [0.15, 0.2) is 0 Å². The van der Waals surface area contributed by atoms with Crippen LogP contribution in [0.15, 0.2) is 207 Å². The molecule has 0 heterocycles. The molecule has 0 radical (unpaired) electrons. The predicted molar refractivity (Wildman–Crippen MR) is 201 cm³/mol. The molecule has 0 spiro atoms. The monoisotopic (exact) mass is 578 g/mol. The molecule has 0 heteroatoms. The topological polar surface area (TPSA) is 0 Å². The first-order valence-electron chi connectivity index (χ1n) is 15.4. The van der Waals surface area contributed by atoms with E-state index in [1.807, 2.05) is 137 Å². The fourth-order valence-corrected chi connectivity index (χ4v) is 3.85. The second kappa shape index (κ2) is 24.6. The van der Waals surface area contributed by atoms with Crippen LogP contribution in [0.2, 0.25) is 0 Å². The van der Waals surface area contributed by atoms with Crippen molar-refractivity contribution in [1.82, 2.24) is 0 Å². The normalized spacial score (nSPS) is 15.0. The van der Waals surface area contributed by atoms with Crippen molar-refractivity contribution < 1.29 is 0 Å². The highest BCUT2D eigenvalue weighted by atomic mass is 14.0. The Balaban J connectivity index is 0.000000620. The van der Waals surface area contributed by atoms with Gasteiger partial charge in [-0.2, -0.15) is 0 Å². The molecule has 3 rings (SSSR count). The molecule has 0 fully saturated rings. The molecule has 1 aliphatic carbocycles. The first-order valence-corrected chi connectivity index (χ1v) is 15.4. The van der Waals surface area contributed by atoms with Gasteiger partial charge in [0.25, 0.3) is 0 Å². The number of hydrogen-bond acceptors (Lipinski definition) is 0. The lowest BCUT2D eigenvalue weighted by Crippen LogP contribution is -1.91. The van der Waals surface area contributed by atoms with Crippen LogP contribution in [0, 0.1) is 5.92 Å². The maximum atomic E-state index is 4.16. The van der Waals surface area contributed by atoms with Crippen molar-refractivity contribution in [1.29, 1.82) is 0 Å². The summed E-state index contributed by atoms with van der Waals surface area (Å²) in [6.07, 6.45) is 40.3. The molecule has 0 aromatic heterocycles. The lowest BCUT2D eigenvalue weighted by molar-refractivity contribution is 0.822. The number of hydrogen-bond donors (Lipinski definition) is 0. The van der Waals surface area contributed by atoms with Gasteiger partial charge in [0, 0.05) is 0 Å². The van der Waals surface area contributed by atoms with Crippen LogP contribution >= 0.6 is 0 Å². The Morgan fingerprint density at radius 1 is 0.614 bits per heavy atom. The third-order valence-electron chi connectivity index (χ3n) is 6.18. The fourth-order valence-electron chi connectivity index (χ4n) is 3.85. The Kier molecular flexibility index (Phi) is 20.8. The molecule has 0 saturated carbocycles. The van der Waals surface area contributed by atoms with E-state index in [1.54, 1.807) is 0 Å². The molecule has 0 amide bonds. The van der Waals surface area contributed by atoms with Gasteiger partial charge in [-0.3, -0.25) is 0 Å². The summed E-state index contributed by atoms with van der Waals surface area (Å²) in [5.41, 5.74) is 6.19. The average Bonchev–Trinajstić information content (AvgIpc) is 3.08. The molecule has 1 unspecified atom stereocenters. The molecule has 1 atom stereocenters. The molecule has 226 valence electrons. The highest BCUT2D eigenvalue weighted by molar-refractivity contribution is 5.73. The zero-order chi connectivity index (χ0) is 32.3. The Hall–Kier alpha value is -4.94. The molecule has 1 aliphatic rings. The van der Waals surface area contributed by atoms with Crippen LogP contribution in [0.3, 0.4) is 0 Å². The van der Waals surface area contributed by atoms with Crippen LogP contribution in [-0.4, -0.2) is 0 Å². The quantitative estimate of drug-likeness (QED) is 0.220. The van der Waals surface area contributed by atoms with Gasteiger partial charge in [-0.25, -0.2) is 0 Å². The van der Waals surface area contributed by atoms with E-state index in [4.69, 9.17) is 0 Å². The van der Waals surface area contributed by atoms with Crippen LogP contribution < -0.4 is 0 Å². The maximum absolute atomic E-state index is 4.16. The van der Waals surface area contributed by atoms with Gasteiger partial charge in [-0.1, -0.05) is 210 Å². The van der Waals surface area contributed by atoms with E-state index >= 15 is 0 Å². The molecule has 2 aromatic carbocycles. The summed E-state index contributed by atoms with van der Waals surface area (Å²) in [7, 11) is 0. The first kappa shape index (κ1) is 37.1. The van der Waals surface area contributed by atoms with E-state index in [-0.39, 0.29) is 0 Å². The van der Waals surface area contributed by atoms with Crippen LogP contribution in [-0.2, 0) is 0 Å². The summed E-state index contributed by atoms with van der Waals surface area (Å²) in [5.74, 6) is 0.608. The molecule has 0 saturated heterocycles. The van der Waals surface area contributed by atoms with Gasteiger partial charge in [-0.05, 0) is 59.6 Å². The summed E-state index contributed by atoms with van der Waals surface area (Å²) in [6, 6.07) is 20.3. The summed E-state index contributed by atoms with van der Waals surface area (Å²) in [5, 5.41) is 0.